The van der Waals surface area contributed by atoms with Crippen molar-refractivity contribution < 1.29 is 23.8 Å². The van der Waals surface area contributed by atoms with Gasteiger partial charge in [-0.2, -0.15) is 0 Å². The Morgan fingerprint density at radius 2 is 1.70 bits per heavy atom. The number of benzene rings is 1. The number of nitrogens with zero attached hydrogens (tertiary/aromatic N) is 2. The van der Waals surface area contributed by atoms with Gasteiger partial charge in [0.25, 0.3) is 5.91 Å². The maximum Gasteiger partial charge on any atom is 0.258 e. The third-order valence-corrected chi connectivity index (χ3v) is 5.14. The Bertz CT molecular complexity index is 703. The van der Waals surface area contributed by atoms with E-state index < -0.39 is 6.04 Å². The zero-order chi connectivity index (χ0) is 19.4. The van der Waals surface area contributed by atoms with Crippen molar-refractivity contribution in [3.05, 3.63) is 17.7 Å². The van der Waals surface area contributed by atoms with Gasteiger partial charge in [0.05, 0.1) is 26.9 Å². The molecule has 1 aromatic rings. The number of carbonyl (C=O) groups is 2. The third-order valence-electron chi connectivity index (χ3n) is 5.14. The van der Waals surface area contributed by atoms with Gasteiger partial charge >= 0.3 is 0 Å². The predicted molar refractivity (Wildman–Crippen MR) is 99.6 cm³/mol. The maximum absolute atomic E-state index is 13.3. The molecule has 0 radical (unpaired) electrons. The molecule has 0 aliphatic carbocycles. The molecule has 1 N–H and O–H groups in total. The van der Waals surface area contributed by atoms with Gasteiger partial charge in [0.1, 0.15) is 6.04 Å². The van der Waals surface area contributed by atoms with E-state index in [2.05, 4.69) is 5.32 Å². The van der Waals surface area contributed by atoms with Gasteiger partial charge < -0.3 is 29.3 Å². The van der Waals surface area contributed by atoms with Crippen LogP contribution in [0.2, 0.25) is 0 Å². The lowest BCUT2D eigenvalue weighted by molar-refractivity contribution is -0.135. The second-order valence-corrected chi connectivity index (χ2v) is 6.63. The maximum atomic E-state index is 13.3. The Morgan fingerprint density at radius 3 is 2.33 bits per heavy atom. The van der Waals surface area contributed by atoms with Crippen LogP contribution in [0.15, 0.2) is 12.1 Å². The standard InChI is InChI=1S/C19H27N3O5/c1-25-15-7-6-13(16(26-2)17(15)27-3)18(23)22-11-8-20-12-14(22)19(24)21-9-4-5-10-21/h6-7,14,20H,4-5,8-12H2,1-3H3/t14-/m1/s1. The molecule has 2 heterocycles. The number of piperazine rings is 1. The van der Waals surface area contributed by atoms with Crippen LogP contribution in [-0.4, -0.2) is 81.7 Å². The number of carbonyl (C=O) groups excluding carboxylic acids is 2. The summed E-state index contributed by atoms with van der Waals surface area (Å²) >= 11 is 0. The van der Waals surface area contributed by atoms with E-state index in [-0.39, 0.29) is 11.8 Å². The van der Waals surface area contributed by atoms with Crippen molar-refractivity contribution in [2.24, 2.45) is 0 Å². The van der Waals surface area contributed by atoms with Gasteiger partial charge in [0.2, 0.25) is 11.7 Å². The number of likely N-dealkylation sites (tertiary alicyclic amines) is 1. The average Bonchev–Trinajstić information content (AvgIpc) is 3.26. The molecule has 2 amide bonds. The lowest BCUT2D eigenvalue weighted by Gasteiger charge is -2.37. The van der Waals surface area contributed by atoms with Gasteiger partial charge in [0.15, 0.2) is 11.5 Å². The van der Waals surface area contributed by atoms with E-state index in [1.54, 1.807) is 17.0 Å². The van der Waals surface area contributed by atoms with Crippen LogP contribution in [0.3, 0.4) is 0 Å². The minimum absolute atomic E-state index is 0.00694. The van der Waals surface area contributed by atoms with Crippen LogP contribution in [0.5, 0.6) is 17.2 Å². The number of ether oxygens (including phenoxy) is 3. The first-order chi connectivity index (χ1) is 13.1. The molecule has 0 spiro atoms. The highest BCUT2D eigenvalue weighted by atomic mass is 16.5. The zero-order valence-electron chi connectivity index (χ0n) is 16.1. The van der Waals surface area contributed by atoms with Crippen molar-refractivity contribution in [2.75, 3.05) is 54.1 Å². The van der Waals surface area contributed by atoms with Crippen molar-refractivity contribution in [1.82, 2.24) is 15.1 Å². The molecule has 8 nitrogen and oxygen atoms in total. The average molecular weight is 377 g/mol. The van der Waals surface area contributed by atoms with Gasteiger partial charge in [-0.15, -0.1) is 0 Å². The summed E-state index contributed by atoms with van der Waals surface area (Å²) in [6, 6.07) is 2.82. The molecule has 1 atom stereocenters. The molecule has 148 valence electrons. The Morgan fingerprint density at radius 1 is 1.00 bits per heavy atom. The van der Waals surface area contributed by atoms with E-state index in [0.29, 0.717) is 42.4 Å². The summed E-state index contributed by atoms with van der Waals surface area (Å²) in [6.45, 7) is 3.08. The number of hydrogen-bond donors (Lipinski definition) is 1. The molecule has 2 aliphatic rings. The first-order valence-electron chi connectivity index (χ1n) is 9.21. The molecule has 8 heteroatoms. The van der Waals surface area contributed by atoms with Crippen molar-refractivity contribution in [1.29, 1.82) is 0 Å². The van der Waals surface area contributed by atoms with Gasteiger partial charge in [-0.3, -0.25) is 9.59 Å². The Hall–Kier alpha value is -2.48. The largest absolute Gasteiger partial charge is 0.493 e. The summed E-state index contributed by atoms with van der Waals surface area (Å²) in [5.41, 5.74) is 0.358. The highest BCUT2D eigenvalue weighted by Gasteiger charge is 2.37. The molecule has 27 heavy (non-hydrogen) atoms. The molecule has 2 fully saturated rings. The minimum Gasteiger partial charge on any atom is -0.493 e. The number of hydrogen-bond acceptors (Lipinski definition) is 6. The van der Waals surface area contributed by atoms with Crippen LogP contribution in [0.1, 0.15) is 23.2 Å². The molecular weight excluding hydrogens is 350 g/mol. The summed E-state index contributed by atoms with van der Waals surface area (Å²) in [6.07, 6.45) is 2.03. The Kier molecular flexibility index (Phi) is 6.05. The van der Waals surface area contributed by atoms with Crippen LogP contribution in [-0.2, 0) is 4.79 Å². The number of nitrogens with one attached hydrogen (secondary N) is 1. The van der Waals surface area contributed by atoms with E-state index in [4.69, 9.17) is 14.2 Å². The van der Waals surface area contributed by atoms with E-state index in [9.17, 15) is 9.59 Å². The highest BCUT2D eigenvalue weighted by molar-refractivity contribution is 6.01. The van der Waals surface area contributed by atoms with Crippen molar-refractivity contribution in [2.45, 2.75) is 18.9 Å². The summed E-state index contributed by atoms with van der Waals surface area (Å²) in [4.78, 5) is 29.8. The molecule has 0 saturated carbocycles. The monoisotopic (exact) mass is 377 g/mol. The van der Waals surface area contributed by atoms with Crippen LogP contribution in [0.4, 0.5) is 0 Å². The van der Waals surface area contributed by atoms with Crippen molar-refractivity contribution in [3.63, 3.8) is 0 Å². The topological polar surface area (TPSA) is 80.3 Å². The number of rotatable bonds is 5. The van der Waals surface area contributed by atoms with Gasteiger partial charge in [-0.25, -0.2) is 0 Å². The predicted octanol–water partition coefficient (Wildman–Crippen LogP) is 0.749. The lowest BCUT2D eigenvalue weighted by Crippen LogP contribution is -2.59. The lowest BCUT2D eigenvalue weighted by atomic mass is 10.1. The molecule has 2 saturated heterocycles. The molecule has 0 bridgehead atoms. The Balaban J connectivity index is 1.91. The fourth-order valence-corrected chi connectivity index (χ4v) is 3.74. The van der Waals surface area contributed by atoms with Gasteiger partial charge in [0, 0.05) is 32.7 Å². The van der Waals surface area contributed by atoms with Crippen LogP contribution in [0.25, 0.3) is 0 Å². The molecular formula is C19H27N3O5. The van der Waals surface area contributed by atoms with E-state index >= 15 is 0 Å². The fraction of sp³-hybridized carbons (Fsp3) is 0.579. The van der Waals surface area contributed by atoms with E-state index in [0.717, 1.165) is 25.9 Å². The number of methoxy groups -OCH3 is 3. The van der Waals surface area contributed by atoms with Crippen LogP contribution >= 0.6 is 0 Å². The van der Waals surface area contributed by atoms with E-state index in [1.807, 2.05) is 4.90 Å². The molecule has 0 aromatic heterocycles. The van der Waals surface area contributed by atoms with E-state index in [1.165, 1.54) is 21.3 Å². The first kappa shape index (κ1) is 19.3. The summed E-state index contributed by atoms with van der Waals surface area (Å²) in [7, 11) is 4.51. The SMILES string of the molecule is COc1ccc(C(=O)N2CCNC[C@@H]2C(=O)N2CCCC2)c(OC)c1OC. The summed E-state index contributed by atoms with van der Waals surface area (Å²) in [5.74, 6) is 0.923. The summed E-state index contributed by atoms with van der Waals surface area (Å²) in [5, 5.41) is 3.23. The quantitative estimate of drug-likeness (QED) is 0.816. The van der Waals surface area contributed by atoms with Crippen LogP contribution in [0, 0.1) is 0 Å². The number of amides is 2. The van der Waals surface area contributed by atoms with Crippen LogP contribution < -0.4 is 19.5 Å². The molecule has 1 aromatic carbocycles. The minimum atomic E-state index is -0.512. The smallest absolute Gasteiger partial charge is 0.258 e. The van der Waals surface area contributed by atoms with Crippen molar-refractivity contribution >= 4 is 11.8 Å². The molecule has 2 aliphatic heterocycles. The van der Waals surface area contributed by atoms with Gasteiger partial charge in [-0.05, 0) is 25.0 Å². The third kappa shape index (κ3) is 3.66. The molecule has 0 unspecified atom stereocenters. The summed E-state index contributed by atoms with van der Waals surface area (Å²) < 4.78 is 16.1. The van der Waals surface area contributed by atoms with Crippen molar-refractivity contribution in [3.8, 4) is 17.2 Å². The highest BCUT2D eigenvalue weighted by Crippen LogP contribution is 2.40. The second-order valence-electron chi connectivity index (χ2n) is 6.63. The first-order valence-corrected chi connectivity index (χ1v) is 9.21. The zero-order valence-corrected chi connectivity index (χ0v) is 16.1. The van der Waals surface area contributed by atoms with Gasteiger partial charge in [-0.1, -0.05) is 0 Å². The second kappa shape index (κ2) is 8.47. The molecule has 3 rings (SSSR count). The normalized spacial score (nSPS) is 19.7. The Labute approximate surface area is 159 Å². The fourth-order valence-electron chi connectivity index (χ4n) is 3.74.